The lowest BCUT2D eigenvalue weighted by Gasteiger charge is -2.11. The average molecular weight is 259 g/mol. The molecule has 0 spiro atoms. The molecule has 76 valence electrons. The first-order valence-corrected chi connectivity index (χ1v) is 4.94. The molecule has 1 rings (SSSR count). The summed E-state index contributed by atoms with van der Waals surface area (Å²) >= 11 is 3.17. The van der Waals surface area contributed by atoms with E-state index in [4.69, 9.17) is 5.11 Å². The largest absolute Gasteiger partial charge is 0.507 e. The topological polar surface area (TPSA) is 57.5 Å². The maximum absolute atomic E-state index is 10.8. The van der Waals surface area contributed by atoms with E-state index in [2.05, 4.69) is 15.9 Å². The molecule has 0 aromatic heterocycles. The van der Waals surface area contributed by atoms with Crippen LogP contribution in [-0.4, -0.2) is 16.2 Å². The van der Waals surface area contributed by atoms with Gasteiger partial charge in [0.2, 0.25) is 0 Å². The van der Waals surface area contributed by atoms with E-state index in [1.165, 1.54) is 6.07 Å². The molecule has 1 aromatic rings. The first-order chi connectivity index (χ1) is 6.43. The van der Waals surface area contributed by atoms with Crippen LogP contribution in [0.5, 0.6) is 5.75 Å². The normalized spacial score (nSPS) is 12.5. The molecule has 1 unspecified atom stereocenters. The molecule has 1 aromatic carbocycles. The number of carboxylic acids is 1. The van der Waals surface area contributed by atoms with Gasteiger partial charge in [-0.1, -0.05) is 0 Å². The summed E-state index contributed by atoms with van der Waals surface area (Å²) in [6, 6.07) is 3.20. The van der Waals surface area contributed by atoms with Crippen LogP contribution in [0.25, 0.3) is 0 Å². The number of phenolic OH excluding ortho intramolecular Hbond substituents is 1. The lowest BCUT2D eigenvalue weighted by molar-refractivity contribution is -0.138. The molecule has 14 heavy (non-hydrogen) atoms. The van der Waals surface area contributed by atoms with Crippen molar-refractivity contribution in [2.45, 2.75) is 19.8 Å². The standard InChI is InChI=1S/C10H11BrO3/c1-5-3-8(11)9(12)4-7(5)6(2)10(13)14/h3-4,6,12H,1-2H3,(H,13,14). The number of aryl methyl sites for hydroxylation is 1. The third-order valence-corrected chi connectivity index (χ3v) is 2.81. The predicted molar refractivity (Wildman–Crippen MR) is 56.6 cm³/mol. The fourth-order valence-electron chi connectivity index (χ4n) is 1.28. The quantitative estimate of drug-likeness (QED) is 0.858. The number of halogens is 1. The van der Waals surface area contributed by atoms with Crippen LogP contribution >= 0.6 is 15.9 Å². The van der Waals surface area contributed by atoms with Crippen LogP contribution < -0.4 is 0 Å². The van der Waals surface area contributed by atoms with Crippen LogP contribution in [0.2, 0.25) is 0 Å². The Balaban J connectivity index is 3.22. The van der Waals surface area contributed by atoms with Gasteiger partial charge in [-0.2, -0.15) is 0 Å². The monoisotopic (exact) mass is 258 g/mol. The molecule has 0 aliphatic heterocycles. The number of hydrogen-bond acceptors (Lipinski definition) is 2. The summed E-state index contributed by atoms with van der Waals surface area (Å²) in [6.45, 7) is 3.41. The minimum atomic E-state index is -0.894. The highest BCUT2D eigenvalue weighted by atomic mass is 79.9. The van der Waals surface area contributed by atoms with Gasteiger partial charge in [0.25, 0.3) is 0 Å². The Kier molecular flexibility index (Phi) is 3.16. The van der Waals surface area contributed by atoms with E-state index in [9.17, 15) is 9.90 Å². The van der Waals surface area contributed by atoms with Crippen LogP contribution in [0.15, 0.2) is 16.6 Å². The van der Waals surface area contributed by atoms with E-state index in [-0.39, 0.29) is 5.75 Å². The third-order valence-electron chi connectivity index (χ3n) is 2.17. The molecule has 2 N–H and O–H groups in total. The Morgan fingerprint density at radius 1 is 1.50 bits per heavy atom. The van der Waals surface area contributed by atoms with Crippen molar-refractivity contribution >= 4 is 21.9 Å². The highest BCUT2D eigenvalue weighted by molar-refractivity contribution is 9.10. The molecule has 1 atom stereocenters. The molecule has 0 radical (unpaired) electrons. The van der Waals surface area contributed by atoms with Crippen molar-refractivity contribution in [1.29, 1.82) is 0 Å². The maximum Gasteiger partial charge on any atom is 0.310 e. The van der Waals surface area contributed by atoms with Gasteiger partial charge < -0.3 is 10.2 Å². The number of aliphatic carboxylic acids is 1. The van der Waals surface area contributed by atoms with Crippen LogP contribution in [-0.2, 0) is 4.79 Å². The minimum absolute atomic E-state index is 0.0682. The fourth-order valence-corrected chi connectivity index (χ4v) is 1.73. The van der Waals surface area contributed by atoms with Gasteiger partial charge in [-0.15, -0.1) is 0 Å². The van der Waals surface area contributed by atoms with Crippen LogP contribution in [0.3, 0.4) is 0 Å². The third kappa shape index (κ3) is 2.07. The summed E-state index contributed by atoms with van der Waals surface area (Å²) in [5.74, 6) is -1.43. The molecular weight excluding hydrogens is 248 g/mol. The van der Waals surface area contributed by atoms with E-state index in [0.29, 0.717) is 10.0 Å². The molecule has 0 bridgehead atoms. The second kappa shape index (κ2) is 4.00. The lowest BCUT2D eigenvalue weighted by atomic mass is 9.96. The van der Waals surface area contributed by atoms with Crippen molar-refractivity contribution in [3.05, 3.63) is 27.7 Å². The Bertz CT molecular complexity index is 374. The van der Waals surface area contributed by atoms with Gasteiger partial charge in [-0.05, 0) is 53.0 Å². The predicted octanol–water partition coefficient (Wildman–Crippen LogP) is 2.65. The van der Waals surface area contributed by atoms with Crippen LogP contribution in [0.1, 0.15) is 24.0 Å². The molecule has 0 aliphatic carbocycles. The number of aromatic hydroxyl groups is 1. The summed E-state index contributed by atoms with van der Waals surface area (Å²) in [5, 5.41) is 18.2. The van der Waals surface area contributed by atoms with Gasteiger partial charge in [0, 0.05) is 0 Å². The van der Waals surface area contributed by atoms with Crippen molar-refractivity contribution in [3.8, 4) is 5.75 Å². The maximum atomic E-state index is 10.8. The van der Waals surface area contributed by atoms with Gasteiger partial charge in [-0.25, -0.2) is 0 Å². The van der Waals surface area contributed by atoms with E-state index in [1.54, 1.807) is 13.0 Å². The molecule has 0 heterocycles. The average Bonchev–Trinajstić information content (AvgIpc) is 2.10. The van der Waals surface area contributed by atoms with Crippen LogP contribution in [0, 0.1) is 6.92 Å². The molecular formula is C10H11BrO3. The summed E-state index contributed by atoms with van der Waals surface area (Å²) in [5.41, 5.74) is 1.49. The van der Waals surface area contributed by atoms with Crippen molar-refractivity contribution in [2.24, 2.45) is 0 Å². The van der Waals surface area contributed by atoms with Gasteiger partial charge >= 0.3 is 5.97 Å². The molecule has 0 fully saturated rings. The molecule has 0 aliphatic rings. The molecule has 0 saturated heterocycles. The number of rotatable bonds is 2. The van der Waals surface area contributed by atoms with E-state index in [0.717, 1.165) is 5.56 Å². The zero-order chi connectivity index (χ0) is 10.9. The number of phenols is 1. The summed E-state index contributed by atoms with van der Waals surface area (Å²) in [7, 11) is 0. The van der Waals surface area contributed by atoms with Gasteiger partial charge in [0.1, 0.15) is 5.75 Å². The zero-order valence-electron chi connectivity index (χ0n) is 7.91. The fraction of sp³-hybridized carbons (Fsp3) is 0.300. The van der Waals surface area contributed by atoms with E-state index in [1.807, 2.05) is 6.92 Å². The first kappa shape index (κ1) is 11.0. The van der Waals surface area contributed by atoms with Crippen molar-refractivity contribution in [2.75, 3.05) is 0 Å². The van der Waals surface area contributed by atoms with E-state index >= 15 is 0 Å². The molecule has 3 nitrogen and oxygen atoms in total. The van der Waals surface area contributed by atoms with Crippen molar-refractivity contribution in [1.82, 2.24) is 0 Å². The Morgan fingerprint density at radius 3 is 2.57 bits per heavy atom. The smallest absolute Gasteiger partial charge is 0.310 e. The van der Waals surface area contributed by atoms with Crippen LogP contribution in [0.4, 0.5) is 0 Å². The number of carboxylic acid groups (broad SMARTS) is 1. The summed E-state index contributed by atoms with van der Waals surface area (Å²) < 4.78 is 0.580. The first-order valence-electron chi connectivity index (χ1n) is 4.15. The summed E-state index contributed by atoms with van der Waals surface area (Å²) in [6.07, 6.45) is 0. The van der Waals surface area contributed by atoms with Crippen molar-refractivity contribution in [3.63, 3.8) is 0 Å². The Labute approximate surface area is 90.5 Å². The summed E-state index contributed by atoms with van der Waals surface area (Å²) in [4.78, 5) is 10.8. The highest BCUT2D eigenvalue weighted by Gasteiger charge is 2.17. The van der Waals surface area contributed by atoms with Crippen molar-refractivity contribution < 1.29 is 15.0 Å². The zero-order valence-corrected chi connectivity index (χ0v) is 9.50. The molecule has 0 saturated carbocycles. The minimum Gasteiger partial charge on any atom is -0.507 e. The van der Waals surface area contributed by atoms with Gasteiger partial charge in [-0.3, -0.25) is 4.79 Å². The number of hydrogen-bond donors (Lipinski definition) is 2. The highest BCUT2D eigenvalue weighted by Crippen LogP contribution is 2.30. The molecule has 0 amide bonds. The Hall–Kier alpha value is -1.03. The molecule has 4 heteroatoms. The Morgan fingerprint density at radius 2 is 2.07 bits per heavy atom. The second-order valence-electron chi connectivity index (χ2n) is 3.22. The van der Waals surface area contributed by atoms with E-state index < -0.39 is 11.9 Å². The van der Waals surface area contributed by atoms with Gasteiger partial charge in [0.15, 0.2) is 0 Å². The lowest BCUT2D eigenvalue weighted by Crippen LogP contribution is -2.08. The number of carbonyl (C=O) groups is 1. The second-order valence-corrected chi connectivity index (χ2v) is 4.07. The van der Waals surface area contributed by atoms with Gasteiger partial charge in [0.05, 0.1) is 10.4 Å². The number of benzene rings is 1. The SMILES string of the molecule is Cc1cc(Br)c(O)cc1C(C)C(=O)O.